The van der Waals surface area contributed by atoms with Crippen LogP contribution in [-0.4, -0.2) is 13.0 Å². The first kappa shape index (κ1) is 20.6. The fourth-order valence-corrected chi connectivity index (χ4v) is 3.14. The first-order valence-electron chi connectivity index (χ1n) is 9.95. The van der Waals surface area contributed by atoms with Gasteiger partial charge in [-0.1, -0.05) is 43.3 Å². The van der Waals surface area contributed by atoms with E-state index in [1.807, 2.05) is 18.2 Å². The smallest absolute Gasteiger partial charge is 0.255 e. The second-order valence-corrected chi connectivity index (χ2v) is 7.08. The molecule has 1 amide bonds. The summed E-state index contributed by atoms with van der Waals surface area (Å²) in [6.45, 7) is 5.05. The minimum absolute atomic E-state index is 0.137. The van der Waals surface area contributed by atoms with Crippen molar-refractivity contribution in [3.05, 3.63) is 95.1 Å². The highest BCUT2D eigenvalue weighted by Crippen LogP contribution is 2.17. The highest BCUT2D eigenvalue weighted by molar-refractivity contribution is 6.04. The van der Waals surface area contributed by atoms with Gasteiger partial charge in [-0.25, -0.2) is 0 Å². The average Bonchev–Trinajstić information content (AvgIpc) is 2.77. The first-order valence-corrected chi connectivity index (χ1v) is 9.95. The van der Waals surface area contributed by atoms with Crippen molar-refractivity contribution >= 4 is 11.6 Å². The Labute approximate surface area is 172 Å². The van der Waals surface area contributed by atoms with Crippen molar-refractivity contribution < 1.29 is 9.53 Å². The molecule has 0 heterocycles. The van der Waals surface area contributed by atoms with Crippen LogP contribution in [0.4, 0.5) is 5.69 Å². The molecule has 0 aliphatic rings. The summed E-state index contributed by atoms with van der Waals surface area (Å²) in [4.78, 5) is 12.5. The number of carbonyl (C=O) groups is 1. The van der Waals surface area contributed by atoms with E-state index in [1.54, 1.807) is 31.4 Å². The Bertz CT molecular complexity index is 934. The molecule has 29 heavy (non-hydrogen) atoms. The van der Waals surface area contributed by atoms with E-state index in [2.05, 4.69) is 54.8 Å². The zero-order chi connectivity index (χ0) is 20.6. The summed E-state index contributed by atoms with van der Waals surface area (Å²) < 4.78 is 5.13. The Morgan fingerprint density at radius 1 is 0.966 bits per heavy atom. The topological polar surface area (TPSA) is 50.4 Å². The molecule has 0 aliphatic heterocycles. The number of ether oxygens (including phenoxy) is 1. The fraction of sp³-hybridized carbons (Fsp3) is 0.240. The van der Waals surface area contributed by atoms with Crippen molar-refractivity contribution in [2.75, 3.05) is 12.4 Å². The number of nitrogens with one attached hydrogen (secondary N) is 2. The molecule has 1 atom stereocenters. The first-order chi connectivity index (χ1) is 14.1. The molecular formula is C25H28N2O2. The van der Waals surface area contributed by atoms with Crippen LogP contribution in [0.25, 0.3) is 0 Å². The van der Waals surface area contributed by atoms with Crippen molar-refractivity contribution in [3.8, 4) is 5.75 Å². The quantitative estimate of drug-likeness (QED) is 0.546. The monoisotopic (exact) mass is 388 g/mol. The van der Waals surface area contributed by atoms with Gasteiger partial charge in [0.25, 0.3) is 5.91 Å². The van der Waals surface area contributed by atoms with Crippen LogP contribution in [0.15, 0.2) is 72.8 Å². The zero-order valence-electron chi connectivity index (χ0n) is 17.2. The SMILES string of the molecule is CCc1ccc(C(C)NCc2cccc(NC(=O)c3ccc(OC)cc3)c2)cc1. The number of methoxy groups -OCH3 is 1. The largest absolute Gasteiger partial charge is 0.497 e. The van der Waals surface area contributed by atoms with E-state index in [0.29, 0.717) is 5.56 Å². The second-order valence-electron chi connectivity index (χ2n) is 7.08. The van der Waals surface area contributed by atoms with Gasteiger partial charge in [-0.3, -0.25) is 4.79 Å². The molecule has 0 spiro atoms. The molecule has 3 aromatic carbocycles. The molecule has 1 unspecified atom stereocenters. The summed E-state index contributed by atoms with van der Waals surface area (Å²) in [6.07, 6.45) is 1.05. The standard InChI is InChI=1S/C25H28N2O2/c1-4-19-8-10-21(11-9-19)18(2)26-17-20-6-5-7-23(16-20)27-25(28)22-12-14-24(29-3)15-13-22/h5-16,18,26H,4,17H2,1-3H3,(H,27,28). The van der Waals surface area contributed by atoms with Crippen LogP contribution < -0.4 is 15.4 Å². The van der Waals surface area contributed by atoms with Crippen LogP contribution in [0.3, 0.4) is 0 Å². The summed E-state index contributed by atoms with van der Waals surface area (Å²) in [5.74, 6) is 0.593. The molecular weight excluding hydrogens is 360 g/mol. The Morgan fingerprint density at radius 3 is 2.34 bits per heavy atom. The van der Waals surface area contributed by atoms with Gasteiger partial charge in [-0.2, -0.15) is 0 Å². The molecule has 0 saturated carbocycles. The molecule has 0 aliphatic carbocycles. The summed E-state index contributed by atoms with van der Waals surface area (Å²) in [5, 5.41) is 6.51. The van der Waals surface area contributed by atoms with E-state index in [9.17, 15) is 4.79 Å². The normalized spacial score (nSPS) is 11.7. The molecule has 2 N–H and O–H groups in total. The molecule has 0 saturated heterocycles. The van der Waals surface area contributed by atoms with Crippen molar-refractivity contribution in [2.45, 2.75) is 32.9 Å². The van der Waals surface area contributed by atoms with Gasteiger partial charge in [-0.15, -0.1) is 0 Å². The Balaban J connectivity index is 1.58. The summed E-state index contributed by atoms with van der Waals surface area (Å²) >= 11 is 0. The van der Waals surface area contributed by atoms with Crippen molar-refractivity contribution in [3.63, 3.8) is 0 Å². The van der Waals surface area contributed by atoms with Crippen LogP contribution in [0.1, 0.15) is 46.9 Å². The third kappa shape index (κ3) is 5.69. The lowest BCUT2D eigenvalue weighted by Gasteiger charge is -2.15. The molecule has 0 fully saturated rings. The molecule has 3 aromatic rings. The molecule has 0 bridgehead atoms. The van der Waals surface area contributed by atoms with Gasteiger partial charge in [-0.05, 0) is 66.4 Å². The lowest BCUT2D eigenvalue weighted by atomic mass is 10.0. The second kappa shape index (κ2) is 9.89. The number of aryl methyl sites for hydroxylation is 1. The lowest BCUT2D eigenvalue weighted by Crippen LogP contribution is -2.18. The van der Waals surface area contributed by atoms with E-state index >= 15 is 0 Å². The number of anilines is 1. The minimum atomic E-state index is -0.137. The molecule has 4 heteroatoms. The molecule has 0 radical (unpaired) electrons. The van der Waals surface area contributed by atoms with Gasteiger partial charge < -0.3 is 15.4 Å². The van der Waals surface area contributed by atoms with Crippen LogP contribution in [0, 0.1) is 0 Å². The maximum absolute atomic E-state index is 12.5. The molecule has 0 aromatic heterocycles. The van der Waals surface area contributed by atoms with Gasteiger partial charge in [0.2, 0.25) is 0 Å². The molecule has 150 valence electrons. The lowest BCUT2D eigenvalue weighted by molar-refractivity contribution is 0.102. The number of hydrogen-bond acceptors (Lipinski definition) is 3. The number of carbonyl (C=O) groups excluding carboxylic acids is 1. The Hall–Kier alpha value is -3.11. The van der Waals surface area contributed by atoms with Crippen LogP contribution in [0.2, 0.25) is 0 Å². The zero-order valence-corrected chi connectivity index (χ0v) is 17.2. The Kier molecular flexibility index (Phi) is 7.04. The minimum Gasteiger partial charge on any atom is -0.497 e. The van der Waals surface area contributed by atoms with E-state index in [0.717, 1.165) is 30.0 Å². The number of amides is 1. The highest BCUT2D eigenvalue weighted by atomic mass is 16.5. The number of rotatable bonds is 8. The molecule has 3 rings (SSSR count). The van der Waals surface area contributed by atoms with Gasteiger partial charge in [0, 0.05) is 23.8 Å². The van der Waals surface area contributed by atoms with E-state index in [-0.39, 0.29) is 11.9 Å². The van der Waals surface area contributed by atoms with E-state index in [4.69, 9.17) is 4.74 Å². The summed E-state index contributed by atoms with van der Waals surface area (Å²) in [6, 6.07) is 24.0. The van der Waals surface area contributed by atoms with E-state index < -0.39 is 0 Å². The third-order valence-corrected chi connectivity index (χ3v) is 5.04. The highest BCUT2D eigenvalue weighted by Gasteiger charge is 2.08. The molecule has 4 nitrogen and oxygen atoms in total. The fourth-order valence-electron chi connectivity index (χ4n) is 3.14. The number of hydrogen-bond donors (Lipinski definition) is 2. The van der Waals surface area contributed by atoms with Gasteiger partial charge in [0.1, 0.15) is 5.75 Å². The third-order valence-electron chi connectivity index (χ3n) is 5.04. The van der Waals surface area contributed by atoms with Gasteiger partial charge in [0.15, 0.2) is 0 Å². The van der Waals surface area contributed by atoms with Crippen LogP contribution in [-0.2, 0) is 13.0 Å². The van der Waals surface area contributed by atoms with Crippen molar-refractivity contribution in [1.29, 1.82) is 0 Å². The maximum atomic E-state index is 12.5. The van der Waals surface area contributed by atoms with Crippen LogP contribution in [0.5, 0.6) is 5.75 Å². The van der Waals surface area contributed by atoms with Crippen molar-refractivity contribution in [1.82, 2.24) is 5.32 Å². The summed E-state index contributed by atoms with van der Waals surface area (Å²) in [5.41, 5.74) is 5.12. The van der Waals surface area contributed by atoms with E-state index in [1.165, 1.54) is 11.1 Å². The van der Waals surface area contributed by atoms with Gasteiger partial charge >= 0.3 is 0 Å². The average molecular weight is 389 g/mol. The van der Waals surface area contributed by atoms with Crippen LogP contribution >= 0.6 is 0 Å². The Morgan fingerprint density at radius 2 is 1.69 bits per heavy atom. The predicted molar refractivity (Wildman–Crippen MR) is 118 cm³/mol. The predicted octanol–water partition coefficient (Wildman–Crippen LogP) is 5.36. The number of benzene rings is 3. The maximum Gasteiger partial charge on any atom is 0.255 e. The van der Waals surface area contributed by atoms with Gasteiger partial charge in [0.05, 0.1) is 7.11 Å². The summed E-state index contributed by atoms with van der Waals surface area (Å²) in [7, 11) is 1.61. The van der Waals surface area contributed by atoms with Crippen molar-refractivity contribution in [2.24, 2.45) is 0 Å².